The number of nitrogens with one attached hydrogen (secondary N) is 1. The maximum Gasteiger partial charge on any atom is 0.254 e. The van der Waals surface area contributed by atoms with E-state index >= 15 is 0 Å². The van der Waals surface area contributed by atoms with Crippen molar-refractivity contribution in [2.45, 2.75) is 38.5 Å². The van der Waals surface area contributed by atoms with Gasteiger partial charge in [0.25, 0.3) is 5.91 Å². The van der Waals surface area contributed by atoms with Crippen LogP contribution in [0.2, 0.25) is 0 Å². The molecule has 26 heavy (non-hydrogen) atoms. The Labute approximate surface area is 159 Å². The van der Waals surface area contributed by atoms with Crippen LogP contribution in [-0.4, -0.2) is 37.0 Å². The zero-order valence-corrected chi connectivity index (χ0v) is 16.1. The number of benzene rings is 1. The van der Waals surface area contributed by atoms with Crippen molar-refractivity contribution in [3.8, 4) is 0 Å². The number of nitrogens with zero attached hydrogens (tertiary/aromatic N) is 1. The number of methoxy groups -OCH3 is 1. The summed E-state index contributed by atoms with van der Waals surface area (Å²) in [6.07, 6.45) is 3.49. The minimum atomic E-state index is 0.148. The first kappa shape index (κ1) is 17.7. The molecule has 1 amide bonds. The predicted molar refractivity (Wildman–Crippen MR) is 104 cm³/mol. The van der Waals surface area contributed by atoms with Gasteiger partial charge in [0.05, 0.1) is 6.61 Å². The molecular formula is C21H26N2O2S. The van der Waals surface area contributed by atoms with Gasteiger partial charge in [-0.3, -0.25) is 4.79 Å². The molecule has 5 heteroatoms. The van der Waals surface area contributed by atoms with Crippen LogP contribution in [0.3, 0.4) is 0 Å². The van der Waals surface area contributed by atoms with E-state index in [-0.39, 0.29) is 5.91 Å². The van der Waals surface area contributed by atoms with Crippen LogP contribution < -0.4 is 5.32 Å². The molecule has 2 aromatic rings. The van der Waals surface area contributed by atoms with E-state index in [4.69, 9.17) is 4.74 Å². The van der Waals surface area contributed by atoms with Crippen molar-refractivity contribution < 1.29 is 9.53 Å². The summed E-state index contributed by atoms with van der Waals surface area (Å²) in [6, 6.07) is 10.4. The van der Waals surface area contributed by atoms with Gasteiger partial charge in [0.15, 0.2) is 0 Å². The molecule has 0 radical (unpaired) electrons. The number of thiophene rings is 1. The average molecular weight is 371 g/mol. The van der Waals surface area contributed by atoms with E-state index in [1.165, 1.54) is 18.4 Å². The fourth-order valence-corrected chi connectivity index (χ4v) is 4.92. The van der Waals surface area contributed by atoms with Gasteiger partial charge in [-0.25, -0.2) is 0 Å². The molecule has 1 saturated heterocycles. The van der Waals surface area contributed by atoms with Crippen LogP contribution in [-0.2, 0) is 17.9 Å². The van der Waals surface area contributed by atoms with Gasteiger partial charge in [0, 0.05) is 25.3 Å². The van der Waals surface area contributed by atoms with Crippen LogP contribution in [0, 0.1) is 5.41 Å². The summed E-state index contributed by atoms with van der Waals surface area (Å²) in [6.45, 7) is 3.38. The van der Waals surface area contributed by atoms with Crippen molar-refractivity contribution >= 4 is 17.2 Å². The first-order valence-electron chi connectivity index (χ1n) is 9.32. The molecule has 1 saturated carbocycles. The summed E-state index contributed by atoms with van der Waals surface area (Å²) in [4.78, 5) is 15.5. The predicted octanol–water partition coefficient (Wildman–Crippen LogP) is 3.68. The van der Waals surface area contributed by atoms with Gasteiger partial charge in [0.1, 0.15) is 0 Å². The Kier molecular flexibility index (Phi) is 5.11. The van der Waals surface area contributed by atoms with E-state index in [1.807, 2.05) is 24.3 Å². The van der Waals surface area contributed by atoms with Gasteiger partial charge in [0.2, 0.25) is 0 Å². The monoisotopic (exact) mass is 370 g/mol. The molecule has 1 atom stereocenters. The summed E-state index contributed by atoms with van der Waals surface area (Å²) in [5.41, 5.74) is 3.38. The molecule has 1 aliphatic carbocycles. The highest BCUT2D eigenvalue weighted by Crippen LogP contribution is 2.56. The van der Waals surface area contributed by atoms with Crippen molar-refractivity contribution in [1.82, 2.24) is 10.2 Å². The lowest BCUT2D eigenvalue weighted by molar-refractivity contribution is 0.0692. The van der Waals surface area contributed by atoms with Crippen LogP contribution >= 0.6 is 11.3 Å². The van der Waals surface area contributed by atoms with E-state index in [1.54, 1.807) is 18.4 Å². The van der Waals surface area contributed by atoms with Gasteiger partial charge in [-0.05, 0) is 77.9 Å². The first-order valence-corrected chi connectivity index (χ1v) is 10.3. The molecule has 1 N–H and O–H groups in total. The van der Waals surface area contributed by atoms with Crippen molar-refractivity contribution in [1.29, 1.82) is 0 Å². The number of ether oxygens (including phenoxy) is 1. The number of amides is 1. The van der Waals surface area contributed by atoms with Crippen LogP contribution in [0.25, 0.3) is 0 Å². The average Bonchev–Trinajstić information content (AvgIpc) is 3.09. The topological polar surface area (TPSA) is 41.6 Å². The fourth-order valence-electron chi connectivity index (χ4n) is 4.26. The number of hydrogen-bond acceptors (Lipinski definition) is 4. The summed E-state index contributed by atoms with van der Waals surface area (Å²) in [5.74, 6) is 0.148. The molecular weight excluding hydrogens is 344 g/mol. The van der Waals surface area contributed by atoms with Crippen molar-refractivity contribution in [2.24, 2.45) is 5.41 Å². The Morgan fingerprint density at radius 1 is 1.31 bits per heavy atom. The maximum absolute atomic E-state index is 13.4. The van der Waals surface area contributed by atoms with E-state index < -0.39 is 0 Å². The highest BCUT2D eigenvalue weighted by atomic mass is 32.1. The molecule has 1 aliphatic heterocycles. The number of piperidine rings is 1. The number of carbonyl (C=O) groups is 1. The summed E-state index contributed by atoms with van der Waals surface area (Å²) < 4.78 is 5.23. The molecule has 0 bridgehead atoms. The Hall–Kier alpha value is -1.69. The highest BCUT2D eigenvalue weighted by Gasteiger charge is 2.57. The number of hydrogen-bond donors (Lipinski definition) is 1. The van der Waals surface area contributed by atoms with Crippen molar-refractivity contribution in [3.05, 3.63) is 57.8 Å². The van der Waals surface area contributed by atoms with Crippen molar-refractivity contribution in [3.63, 3.8) is 0 Å². The third-order valence-corrected chi connectivity index (χ3v) is 6.53. The van der Waals surface area contributed by atoms with Gasteiger partial charge in [-0.15, -0.1) is 0 Å². The lowest BCUT2D eigenvalue weighted by Gasteiger charge is -2.29. The van der Waals surface area contributed by atoms with E-state index in [9.17, 15) is 4.79 Å². The second-order valence-corrected chi connectivity index (χ2v) is 8.31. The third-order valence-electron chi connectivity index (χ3n) is 5.80. The maximum atomic E-state index is 13.4. The molecule has 1 aromatic heterocycles. The third kappa shape index (κ3) is 3.56. The molecule has 4 nitrogen and oxygen atoms in total. The van der Waals surface area contributed by atoms with Crippen molar-refractivity contribution in [2.75, 3.05) is 20.2 Å². The Morgan fingerprint density at radius 3 is 2.88 bits per heavy atom. The zero-order chi connectivity index (χ0) is 18.0. The summed E-state index contributed by atoms with van der Waals surface area (Å²) in [7, 11) is 1.68. The SMILES string of the molecule is COCc1cccc(C(=O)N(Cc2ccsc2)C2CC23CCNCC3)c1. The standard InChI is InChI=1S/C21H26N2O2S/c1-25-14-16-3-2-4-18(11-16)20(24)23(13-17-5-10-26-15-17)19-12-21(19)6-8-22-9-7-21/h2-5,10-11,15,19,22H,6-9,12-14H2,1H3. The number of carbonyl (C=O) groups excluding carboxylic acids is 1. The minimum Gasteiger partial charge on any atom is -0.380 e. The smallest absolute Gasteiger partial charge is 0.254 e. The quantitative estimate of drug-likeness (QED) is 0.843. The Morgan fingerprint density at radius 2 is 2.15 bits per heavy atom. The first-order chi connectivity index (χ1) is 12.7. The largest absolute Gasteiger partial charge is 0.380 e. The van der Waals surface area contributed by atoms with Gasteiger partial charge >= 0.3 is 0 Å². The normalized spacial score (nSPS) is 20.9. The highest BCUT2D eigenvalue weighted by molar-refractivity contribution is 7.07. The van der Waals surface area contributed by atoms with Crippen LogP contribution in [0.4, 0.5) is 0 Å². The summed E-state index contributed by atoms with van der Waals surface area (Å²) in [5, 5.41) is 7.69. The molecule has 2 fully saturated rings. The van der Waals surface area contributed by atoms with Gasteiger partial charge in [-0.1, -0.05) is 12.1 Å². The summed E-state index contributed by atoms with van der Waals surface area (Å²) >= 11 is 1.69. The molecule has 2 heterocycles. The molecule has 2 aliphatic rings. The second-order valence-electron chi connectivity index (χ2n) is 7.53. The number of rotatable bonds is 6. The van der Waals surface area contributed by atoms with E-state index in [0.29, 0.717) is 24.6 Å². The molecule has 138 valence electrons. The van der Waals surface area contributed by atoms with Gasteiger partial charge in [-0.2, -0.15) is 11.3 Å². The van der Waals surface area contributed by atoms with Crippen LogP contribution in [0.5, 0.6) is 0 Å². The molecule has 1 unspecified atom stereocenters. The molecule has 1 spiro atoms. The second kappa shape index (κ2) is 7.51. The van der Waals surface area contributed by atoms with E-state index in [0.717, 1.165) is 30.6 Å². The Balaban J connectivity index is 1.58. The van der Waals surface area contributed by atoms with Crippen LogP contribution in [0.1, 0.15) is 40.7 Å². The van der Waals surface area contributed by atoms with E-state index in [2.05, 4.69) is 27.0 Å². The molecule has 1 aromatic carbocycles. The van der Waals surface area contributed by atoms with Gasteiger partial charge < -0.3 is 15.0 Å². The van der Waals surface area contributed by atoms with Crippen LogP contribution in [0.15, 0.2) is 41.1 Å². The minimum absolute atomic E-state index is 0.148. The zero-order valence-electron chi connectivity index (χ0n) is 15.2. The lowest BCUT2D eigenvalue weighted by Crippen LogP contribution is -2.39. The fraction of sp³-hybridized carbons (Fsp3) is 0.476. The molecule has 4 rings (SSSR count). The lowest BCUT2D eigenvalue weighted by atomic mass is 9.93. The Bertz CT molecular complexity index is 753.